The number of pyridine rings is 1. The molecule has 86 valence electrons. The van der Waals surface area contributed by atoms with E-state index in [1.54, 1.807) is 13.0 Å². The predicted octanol–water partition coefficient (Wildman–Crippen LogP) is 3.59. The van der Waals surface area contributed by atoms with E-state index in [1.165, 1.54) is 6.07 Å². The first-order chi connectivity index (χ1) is 7.56. The van der Waals surface area contributed by atoms with Gasteiger partial charge in [-0.25, -0.2) is 4.98 Å². The molecule has 4 nitrogen and oxygen atoms in total. The number of alkyl halides is 1. The Balaban J connectivity index is 3.09. The zero-order chi connectivity index (χ0) is 12.1. The van der Waals surface area contributed by atoms with Crippen LogP contribution < -0.4 is 0 Å². The Morgan fingerprint density at radius 2 is 2.31 bits per heavy atom. The summed E-state index contributed by atoms with van der Waals surface area (Å²) in [5, 5.41) is 10.6. The third-order valence-electron chi connectivity index (χ3n) is 1.96. The number of nitro groups is 1. The highest BCUT2D eigenvalue weighted by atomic mass is 35.5. The maximum absolute atomic E-state index is 10.7. The first-order valence-corrected chi connectivity index (χ1v) is 5.51. The summed E-state index contributed by atoms with van der Waals surface area (Å²) in [6.45, 7) is 1.75. The molecule has 0 aliphatic heterocycles. The van der Waals surface area contributed by atoms with Gasteiger partial charge in [0.15, 0.2) is 0 Å². The van der Waals surface area contributed by atoms with Crippen molar-refractivity contribution >= 4 is 35.0 Å². The molecule has 0 fully saturated rings. The van der Waals surface area contributed by atoms with Crippen LogP contribution in [0.3, 0.4) is 0 Å². The monoisotopic (exact) mass is 260 g/mol. The first kappa shape index (κ1) is 12.9. The Labute approximate surface area is 103 Å². The molecule has 0 aliphatic rings. The number of halogens is 2. The Morgan fingerprint density at radius 3 is 2.88 bits per heavy atom. The maximum Gasteiger partial charge on any atom is 0.307 e. The zero-order valence-electron chi connectivity index (χ0n) is 8.61. The summed E-state index contributed by atoms with van der Waals surface area (Å²) >= 11 is 11.2. The highest BCUT2D eigenvalue weighted by Crippen LogP contribution is 2.25. The molecule has 6 heteroatoms. The van der Waals surface area contributed by atoms with Crippen molar-refractivity contribution in [3.05, 3.63) is 38.7 Å². The third-order valence-corrected chi connectivity index (χ3v) is 2.45. The van der Waals surface area contributed by atoms with Crippen molar-refractivity contribution in [3.63, 3.8) is 0 Å². The minimum atomic E-state index is -0.548. The molecule has 0 spiro atoms. The maximum atomic E-state index is 10.7. The smallest absolute Gasteiger partial charge is 0.258 e. The third kappa shape index (κ3) is 3.18. The van der Waals surface area contributed by atoms with E-state index in [0.29, 0.717) is 23.6 Å². The van der Waals surface area contributed by atoms with Crippen molar-refractivity contribution < 1.29 is 4.92 Å². The van der Waals surface area contributed by atoms with Crippen LogP contribution in [0.15, 0.2) is 12.1 Å². The van der Waals surface area contributed by atoms with Crippen LogP contribution in [0.5, 0.6) is 0 Å². The van der Waals surface area contributed by atoms with E-state index in [9.17, 15) is 10.1 Å². The van der Waals surface area contributed by atoms with E-state index in [0.717, 1.165) is 0 Å². The van der Waals surface area contributed by atoms with Crippen molar-refractivity contribution in [2.24, 2.45) is 0 Å². The lowest BCUT2D eigenvalue weighted by Gasteiger charge is -2.01. The van der Waals surface area contributed by atoms with Crippen LogP contribution in [0.4, 0.5) is 5.69 Å². The fraction of sp³-hybridized carbons (Fsp3) is 0.300. The second-order valence-electron chi connectivity index (χ2n) is 3.11. The molecule has 0 amide bonds. The Hall–Kier alpha value is -1.13. The summed E-state index contributed by atoms with van der Waals surface area (Å²) in [4.78, 5) is 14.0. The SMILES string of the molecule is Cc1nc(Cl)c([N+](=O)[O-])cc1C=CCCCl. The standard InChI is InChI=1S/C10H10Cl2N2O2/c1-7-8(4-2-3-5-11)6-9(14(15)16)10(12)13-7/h2,4,6H,3,5H2,1H3. The minimum Gasteiger partial charge on any atom is -0.258 e. The molecule has 0 bridgehead atoms. The van der Waals surface area contributed by atoms with Crippen LogP contribution in [0.1, 0.15) is 17.7 Å². The molecule has 0 atom stereocenters. The molecule has 0 unspecified atom stereocenters. The summed E-state index contributed by atoms with van der Waals surface area (Å²) in [6, 6.07) is 1.41. The van der Waals surface area contributed by atoms with Crippen LogP contribution in [0, 0.1) is 17.0 Å². The van der Waals surface area contributed by atoms with Crippen molar-refractivity contribution in [2.75, 3.05) is 5.88 Å². The molecule has 1 aromatic rings. The first-order valence-electron chi connectivity index (χ1n) is 4.60. The Bertz CT molecular complexity index is 433. The minimum absolute atomic E-state index is 0.0861. The van der Waals surface area contributed by atoms with Crippen molar-refractivity contribution in [1.29, 1.82) is 0 Å². The van der Waals surface area contributed by atoms with Crippen molar-refractivity contribution in [2.45, 2.75) is 13.3 Å². The van der Waals surface area contributed by atoms with Gasteiger partial charge in [-0.1, -0.05) is 23.8 Å². The molecule has 16 heavy (non-hydrogen) atoms. The van der Waals surface area contributed by atoms with Crippen LogP contribution in [-0.4, -0.2) is 15.8 Å². The molecule has 1 rings (SSSR count). The van der Waals surface area contributed by atoms with Crippen LogP contribution in [0.25, 0.3) is 6.08 Å². The van der Waals surface area contributed by atoms with Crippen LogP contribution >= 0.6 is 23.2 Å². The Kier molecular flexibility index (Phi) is 4.71. The van der Waals surface area contributed by atoms with Crippen molar-refractivity contribution in [3.8, 4) is 0 Å². The fourth-order valence-corrected chi connectivity index (χ4v) is 1.53. The van der Waals surface area contributed by atoms with Gasteiger partial charge >= 0.3 is 5.69 Å². The van der Waals surface area contributed by atoms with Gasteiger partial charge in [0, 0.05) is 23.2 Å². The number of aromatic nitrogens is 1. The summed E-state index contributed by atoms with van der Waals surface area (Å²) in [5.74, 6) is 0.513. The molecule has 0 saturated heterocycles. The molecular weight excluding hydrogens is 251 g/mol. The predicted molar refractivity (Wildman–Crippen MR) is 65.0 cm³/mol. The lowest BCUT2D eigenvalue weighted by atomic mass is 10.1. The molecular formula is C10H10Cl2N2O2. The zero-order valence-corrected chi connectivity index (χ0v) is 10.1. The second-order valence-corrected chi connectivity index (χ2v) is 3.85. The second kappa shape index (κ2) is 5.82. The number of allylic oxidation sites excluding steroid dienone is 1. The van der Waals surface area contributed by atoms with E-state index in [-0.39, 0.29) is 10.8 Å². The normalized spacial score (nSPS) is 10.9. The largest absolute Gasteiger partial charge is 0.307 e. The van der Waals surface area contributed by atoms with E-state index in [2.05, 4.69) is 4.98 Å². The number of nitrogens with zero attached hydrogens (tertiary/aromatic N) is 2. The van der Waals surface area contributed by atoms with Gasteiger partial charge in [-0.2, -0.15) is 0 Å². The number of rotatable bonds is 4. The molecule has 0 radical (unpaired) electrons. The lowest BCUT2D eigenvalue weighted by Crippen LogP contribution is -1.95. The van der Waals surface area contributed by atoms with Crippen LogP contribution in [0.2, 0.25) is 5.15 Å². The van der Waals surface area contributed by atoms with Gasteiger partial charge in [0.2, 0.25) is 5.15 Å². The van der Waals surface area contributed by atoms with Gasteiger partial charge in [0.25, 0.3) is 0 Å². The number of aryl methyl sites for hydroxylation is 1. The van der Waals surface area contributed by atoms with Gasteiger partial charge in [-0.05, 0) is 13.3 Å². The number of hydrogen-bond acceptors (Lipinski definition) is 3. The summed E-state index contributed by atoms with van der Waals surface area (Å²) in [6.07, 6.45) is 4.31. The van der Waals surface area contributed by atoms with Gasteiger partial charge < -0.3 is 0 Å². The molecule has 0 aliphatic carbocycles. The van der Waals surface area contributed by atoms with Gasteiger partial charge in [0.1, 0.15) is 0 Å². The Morgan fingerprint density at radius 1 is 1.62 bits per heavy atom. The average molecular weight is 261 g/mol. The van der Waals surface area contributed by atoms with Crippen molar-refractivity contribution in [1.82, 2.24) is 4.98 Å². The molecule has 0 saturated carbocycles. The lowest BCUT2D eigenvalue weighted by molar-refractivity contribution is -0.385. The molecule has 0 aromatic carbocycles. The van der Waals surface area contributed by atoms with E-state index >= 15 is 0 Å². The van der Waals surface area contributed by atoms with Gasteiger partial charge in [0.05, 0.1) is 4.92 Å². The van der Waals surface area contributed by atoms with E-state index in [4.69, 9.17) is 23.2 Å². The summed E-state index contributed by atoms with van der Waals surface area (Å²) in [5.41, 5.74) is 1.15. The highest BCUT2D eigenvalue weighted by molar-refractivity contribution is 6.31. The topological polar surface area (TPSA) is 56.0 Å². The van der Waals surface area contributed by atoms with Gasteiger partial charge in [-0.3, -0.25) is 10.1 Å². The van der Waals surface area contributed by atoms with E-state index in [1.807, 2.05) is 6.08 Å². The molecule has 0 N–H and O–H groups in total. The summed E-state index contributed by atoms with van der Waals surface area (Å²) < 4.78 is 0. The van der Waals surface area contributed by atoms with Crippen LogP contribution in [-0.2, 0) is 0 Å². The molecule has 1 aromatic heterocycles. The highest BCUT2D eigenvalue weighted by Gasteiger charge is 2.15. The molecule has 1 heterocycles. The number of hydrogen-bond donors (Lipinski definition) is 0. The average Bonchev–Trinajstić information content (AvgIpc) is 2.21. The quantitative estimate of drug-likeness (QED) is 0.360. The van der Waals surface area contributed by atoms with Gasteiger partial charge in [-0.15, -0.1) is 11.6 Å². The summed E-state index contributed by atoms with van der Waals surface area (Å²) in [7, 11) is 0. The fourth-order valence-electron chi connectivity index (χ4n) is 1.15. The van der Waals surface area contributed by atoms with E-state index < -0.39 is 4.92 Å².